The maximum Gasteiger partial charge on any atom is 0.338 e. The van der Waals surface area contributed by atoms with Crippen LogP contribution < -0.4 is 15.9 Å². The third-order valence-electron chi connectivity index (χ3n) is 3.33. The molecule has 0 saturated carbocycles. The first-order valence-corrected chi connectivity index (χ1v) is 7.26. The molecule has 0 atom stereocenters. The van der Waals surface area contributed by atoms with Gasteiger partial charge in [0, 0.05) is 15.3 Å². The van der Waals surface area contributed by atoms with Gasteiger partial charge in [0.1, 0.15) is 6.67 Å². The number of carbonyl (C=O) groups is 1. The summed E-state index contributed by atoms with van der Waals surface area (Å²) in [5.74, 6) is -0.355. The minimum Gasteiger partial charge on any atom is -0.465 e. The normalized spacial score (nSPS) is 13.0. The standard InChI is InChI=1S/C16H13BrN2O2/c1-21-16(20)11-7-6-10(17)8-13(11)15-12-4-2-3-5-14(12)18-9-19-15/h2-8,19H,9H2,1H3. The highest BCUT2D eigenvalue weighted by atomic mass is 79.9. The van der Waals surface area contributed by atoms with Crippen LogP contribution in [0.5, 0.6) is 0 Å². The molecule has 1 heterocycles. The van der Waals surface area contributed by atoms with Crippen molar-refractivity contribution in [2.24, 2.45) is 4.99 Å². The second-order valence-corrected chi connectivity index (χ2v) is 5.48. The number of para-hydroxylation sites is 1. The van der Waals surface area contributed by atoms with Gasteiger partial charge in [0.2, 0.25) is 0 Å². The van der Waals surface area contributed by atoms with Crippen LogP contribution in [0, 0.1) is 0 Å². The minimum absolute atomic E-state index is 0.355. The molecular formula is C16H13BrN2O2. The molecule has 0 unspecified atom stereocenters. The number of methoxy groups -OCH3 is 1. The van der Waals surface area contributed by atoms with E-state index in [9.17, 15) is 4.79 Å². The number of halogens is 1. The van der Waals surface area contributed by atoms with Gasteiger partial charge < -0.3 is 10.1 Å². The summed E-state index contributed by atoms with van der Waals surface area (Å²) < 4.78 is 5.78. The first-order chi connectivity index (χ1) is 10.2. The molecule has 0 radical (unpaired) electrons. The van der Waals surface area contributed by atoms with Crippen LogP contribution >= 0.6 is 15.9 Å². The van der Waals surface area contributed by atoms with Crippen molar-refractivity contribution in [3.8, 4) is 0 Å². The van der Waals surface area contributed by atoms with Gasteiger partial charge in [0.05, 0.1) is 23.7 Å². The fourth-order valence-electron chi connectivity index (χ4n) is 2.37. The predicted molar refractivity (Wildman–Crippen MR) is 83.2 cm³/mol. The number of benzene rings is 2. The molecule has 2 aromatic carbocycles. The van der Waals surface area contributed by atoms with E-state index in [2.05, 4.69) is 26.2 Å². The van der Waals surface area contributed by atoms with Crippen LogP contribution in [0.2, 0.25) is 0 Å². The Labute approximate surface area is 130 Å². The summed E-state index contributed by atoms with van der Waals surface area (Å²) in [5, 5.41) is 5.16. The number of ether oxygens (including phenoxy) is 1. The number of carbonyl (C=O) groups excluding carboxylic acids is 1. The van der Waals surface area contributed by atoms with Crippen molar-refractivity contribution in [1.29, 1.82) is 0 Å². The maximum absolute atomic E-state index is 12.0. The number of fused-ring (bicyclic) bond motifs is 1. The van der Waals surface area contributed by atoms with E-state index in [-0.39, 0.29) is 5.97 Å². The number of esters is 1. The van der Waals surface area contributed by atoms with Gasteiger partial charge >= 0.3 is 5.97 Å². The highest BCUT2D eigenvalue weighted by Crippen LogP contribution is 2.22. The van der Waals surface area contributed by atoms with Gasteiger partial charge in [-0.25, -0.2) is 4.79 Å². The van der Waals surface area contributed by atoms with Crippen LogP contribution in [0.3, 0.4) is 0 Å². The van der Waals surface area contributed by atoms with Crippen LogP contribution in [0.1, 0.15) is 15.9 Å². The van der Waals surface area contributed by atoms with Crippen LogP contribution in [-0.2, 0) is 4.74 Å². The average molecular weight is 345 g/mol. The Hall–Kier alpha value is -2.14. The van der Waals surface area contributed by atoms with E-state index in [1.54, 1.807) is 6.07 Å². The van der Waals surface area contributed by atoms with Crippen molar-refractivity contribution in [3.63, 3.8) is 0 Å². The zero-order chi connectivity index (χ0) is 14.8. The molecule has 0 saturated heterocycles. The lowest BCUT2D eigenvalue weighted by Gasteiger charge is -2.16. The molecule has 2 aromatic rings. The highest BCUT2D eigenvalue weighted by Gasteiger charge is 2.17. The summed E-state index contributed by atoms with van der Waals surface area (Å²) in [6.07, 6.45) is 0. The molecule has 3 rings (SSSR count). The summed E-state index contributed by atoms with van der Waals surface area (Å²) in [4.78, 5) is 16.4. The SMILES string of the molecule is COC(=O)c1ccc(Br)cc1C1=c2ccccc2=NCN1. The fraction of sp³-hybridized carbons (Fsp3) is 0.125. The van der Waals surface area contributed by atoms with E-state index >= 15 is 0 Å². The zero-order valence-electron chi connectivity index (χ0n) is 11.4. The Bertz CT molecular complexity index is 830. The number of hydrogen-bond acceptors (Lipinski definition) is 4. The van der Waals surface area contributed by atoms with Gasteiger partial charge in [-0.15, -0.1) is 0 Å². The van der Waals surface area contributed by atoms with Crippen molar-refractivity contribution in [3.05, 3.63) is 68.6 Å². The summed E-state index contributed by atoms with van der Waals surface area (Å²) in [5.41, 5.74) is 2.22. The van der Waals surface area contributed by atoms with E-state index < -0.39 is 0 Å². The van der Waals surface area contributed by atoms with E-state index in [0.717, 1.165) is 26.3 Å². The molecule has 0 amide bonds. The number of nitrogens with zero attached hydrogens (tertiary/aromatic N) is 1. The second-order valence-electron chi connectivity index (χ2n) is 4.57. The monoisotopic (exact) mass is 344 g/mol. The Morgan fingerprint density at radius 3 is 2.90 bits per heavy atom. The first-order valence-electron chi connectivity index (χ1n) is 6.46. The molecule has 106 valence electrons. The molecule has 1 N–H and O–H groups in total. The van der Waals surface area contributed by atoms with Crippen LogP contribution in [0.15, 0.2) is 51.9 Å². The molecule has 0 fully saturated rings. The van der Waals surface area contributed by atoms with E-state index in [4.69, 9.17) is 4.74 Å². The van der Waals surface area contributed by atoms with Gasteiger partial charge in [-0.2, -0.15) is 0 Å². The molecule has 0 aliphatic carbocycles. The summed E-state index contributed by atoms with van der Waals surface area (Å²) in [6.45, 7) is 0.486. The lowest BCUT2D eigenvalue weighted by Crippen LogP contribution is -2.38. The van der Waals surface area contributed by atoms with E-state index in [1.807, 2.05) is 36.4 Å². The quantitative estimate of drug-likeness (QED) is 0.841. The Morgan fingerprint density at radius 1 is 1.29 bits per heavy atom. The minimum atomic E-state index is -0.355. The summed E-state index contributed by atoms with van der Waals surface area (Å²) in [7, 11) is 1.39. The van der Waals surface area contributed by atoms with Gasteiger partial charge in [0.25, 0.3) is 0 Å². The van der Waals surface area contributed by atoms with Gasteiger partial charge in [-0.3, -0.25) is 4.99 Å². The van der Waals surface area contributed by atoms with E-state index in [0.29, 0.717) is 12.2 Å². The fourth-order valence-corrected chi connectivity index (χ4v) is 2.73. The summed E-state index contributed by atoms with van der Waals surface area (Å²) in [6, 6.07) is 13.4. The molecule has 1 aliphatic rings. The topological polar surface area (TPSA) is 50.7 Å². The molecule has 4 nitrogen and oxygen atoms in total. The average Bonchev–Trinajstić information content (AvgIpc) is 2.53. The number of nitrogens with one attached hydrogen (secondary N) is 1. The zero-order valence-corrected chi connectivity index (χ0v) is 13.0. The molecule has 1 aliphatic heterocycles. The van der Waals surface area contributed by atoms with Crippen molar-refractivity contribution in [1.82, 2.24) is 5.32 Å². The van der Waals surface area contributed by atoms with Crippen molar-refractivity contribution in [2.75, 3.05) is 13.8 Å². The Morgan fingerprint density at radius 2 is 2.10 bits per heavy atom. The van der Waals surface area contributed by atoms with Crippen LogP contribution in [0.4, 0.5) is 0 Å². The lowest BCUT2D eigenvalue weighted by atomic mass is 10.0. The second kappa shape index (κ2) is 5.69. The maximum atomic E-state index is 12.0. The molecular weight excluding hydrogens is 332 g/mol. The molecule has 0 bridgehead atoms. The lowest BCUT2D eigenvalue weighted by molar-refractivity contribution is 0.0600. The Balaban J connectivity index is 2.33. The van der Waals surface area contributed by atoms with Crippen LogP contribution in [0.25, 0.3) is 5.70 Å². The highest BCUT2D eigenvalue weighted by molar-refractivity contribution is 9.10. The third-order valence-corrected chi connectivity index (χ3v) is 3.83. The molecule has 5 heteroatoms. The molecule has 0 spiro atoms. The van der Waals surface area contributed by atoms with Crippen LogP contribution in [-0.4, -0.2) is 19.7 Å². The molecule has 0 aromatic heterocycles. The summed E-state index contributed by atoms with van der Waals surface area (Å²) >= 11 is 3.46. The third kappa shape index (κ3) is 2.56. The first kappa shape index (κ1) is 13.8. The Kier molecular flexibility index (Phi) is 3.75. The molecule has 21 heavy (non-hydrogen) atoms. The largest absolute Gasteiger partial charge is 0.465 e. The van der Waals surface area contributed by atoms with Crippen molar-refractivity contribution < 1.29 is 9.53 Å². The van der Waals surface area contributed by atoms with Gasteiger partial charge in [0.15, 0.2) is 0 Å². The predicted octanol–water partition coefficient (Wildman–Crippen LogP) is 1.57. The van der Waals surface area contributed by atoms with Gasteiger partial charge in [-0.1, -0.05) is 34.1 Å². The van der Waals surface area contributed by atoms with Crippen molar-refractivity contribution >= 4 is 27.6 Å². The van der Waals surface area contributed by atoms with Gasteiger partial charge in [-0.05, 0) is 24.3 Å². The smallest absolute Gasteiger partial charge is 0.338 e. The number of rotatable bonds is 2. The van der Waals surface area contributed by atoms with E-state index in [1.165, 1.54) is 7.11 Å². The number of hydrogen-bond donors (Lipinski definition) is 1. The van der Waals surface area contributed by atoms with Crippen molar-refractivity contribution in [2.45, 2.75) is 0 Å².